The fraction of sp³-hybridized carbons (Fsp3) is 0.500. The molecule has 1 N–H and O–H groups in total. The van der Waals surface area contributed by atoms with Crippen LogP contribution in [0, 0.1) is 5.92 Å². The first-order valence-corrected chi connectivity index (χ1v) is 9.91. The van der Waals surface area contributed by atoms with Crippen molar-refractivity contribution in [3.8, 4) is 17.0 Å². The van der Waals surface area contributed by atoms with E-state index in [0.717, 1.165) is 66.3 Å². The Morgan fingerprint density at radius 3 is 2.78 bits per heavy atom. The van der Waals surface area contributed by atoms with E-state index in [4.69, 9.17) is 14.7 Å². The van der Waals surface area contributed by atoms with Gasteiger partial charge in [-0.1, -0.05) is 27.2 Å². The smallest absolute Gasteiger partial charge is 0.154 e. The van der Waals surface area contributed by atoms with Crippen LogP contribution >= 0.6 is 0 Å². The van der Waals surface area contributed by atoms with Crippen molar-refractivity contribution in [2.45, 2.75) is 52.9 Å². The first-order valence-electron chi connectivity index (χ1n) is 9.91. The number of carbonyl (C=O) groups excluding carboxylic acids is 1. The van der Waals surface area contributed by atoms with Gasteiger partial charge in [0, 0.05) is 11.5 Å². The highest BCUT2D eigenvalue weighted by atomic mass is 16.5. The average Bonchev–Trinajstić information content (AvgIpc) is 2.70. The summed E-state index contributed by atoms with van der Waals surface area (Å²) in [6, 6.07) is 6.15. The number of anilines is 1. The second-order valence-electron chi connectivity index (χ2n) is 7.22. The minimum atomic E-state index is 0.0690. The molecule has 0 radical (unpaired) electrons. The molecule has 27 heavy (non-hydrogen) atoms. The van der Waals surface area contributed by atoms with E-state index >= 15 is 0 Å². The zero-order valence-corrected chi connectivity index (χ0v) is 16.8. The summed E-state index contributed by atoms with van der Waals surface area (Å²) in [5, 5.41) is 3.26. The Balaban J connectivity index is 1.93. The molecule has 1 aliphatic carbocycles. The summed E-state index contributed by atoms with van der Waals surface area (Å²) in [7, 11) is 1.69. The van der Waals surface area contributed by atoms with E-state index in [0.29, 0.717) is 6.54 Å². The summed E-state index contributed by atoms with van der Waals surface area (Å²) in [5.41, 5.74) is 5.32. The molecule has 1 unspecified atom stereocenters. The van der Waals surface area contributed by atoms with E-state index in [1.54, 1.807) is 7.11 Å². The van der Waals surface area contributed by atoms with Crippen LogP contribution in [0.3, 0.4) is 0 Å². The van der Waals surface area contributed by atoms with Crippen LogP contribution in [0.4, 0.5) is 5.82 Å². The van der Waals surface area contributed by atoms with Crippen molar-refractivity contribution in [2.24, 2.45) is 5.92 Å². The minimum Gasteiger partial charge on any atom is -0.497 e. The summed E-state index contributed by atoms with van der Waals surface area (Å²) >= 11 is 0. The zero-order valence-electron chi connectivity index (χ0n) is 16.8. The van der Waals surface area contributed by atoms with Gasteiger partial charge in [-0.15, -0.1) is 0 Å². The standard InChI is InChI=1S/C22H29N3O2/c1-5-7-19-22(23-13-20(26)14(3)6-2)25-18-11-8-15-12-16(27-4)9-10-17(15)21(18)24-19/h9-10,12,14H,5-8,11,13H2,1-4H3,(H,23,25). The molecule has 1 aromatic heterocycles. The lowest BCUT2D eigenvalue weighted by Crippen LogP contribution is -2.22. The van der Waals surface area contributed by atoms with Gasteiger partial charge < -0.3 is 10.1 Å². The monoisotopic (exact) mass is 367 g/mol. The first kappa shape index (κ1) is 19.3. The molecular weight excluding hydrogens is 338 g/mol. The largest absolute Gasteiger partial charge is 0.497 e. The van der Waals surface area contributed by atoms with Crippen molar-refractivity contribution in [1.29, 1.82) is 0 Å². The van der Waals surface area contributed by atoms with Crippen LogP contribution in [-0.2, 0) is 24.1 Å². The van der Waals surface area contributed by atoms with Crippen LogP contribution in [0.15, 0.2) is 18.2 Å². The number of fused-ring (bicyclic) bond motifs is 3. The molecule has 5 heteroatoms. The second-order valence-corrected chi connectivity index (χ2v) is 7.22. The van der Waals surface area contributed by atoms with Crippen LogP contribution in [-0.4, -0.2) is 29.4 Å². The van der Waals surface area contributed by atoms with Crippen LogP contribution in [0.25, 0.3) is 11.3 Å². The Hall–Kier alpha value is -2.43. The predicted octanol–water partition coefficient (Wildman–Crippen LogP) is 4.23. The second kappa shape index (κ2) is 8.51. The van der Waals surface area contributed by atoms with Gasteiger partial charge in [-0.05, 0) is 49.4 Å². The van der Waals surface area contributed by atoms with Gasteiger partial charge >= 0.3 is 0 Å². The van der Waals surface area contributed by atoms with Crippen LogP contribution < -0.4 is 10.1 Å². The van der Waals surface area contributed by atoms with Gasteiger partial charge in [-0.25, -0.2) is 9.97 Å². The highest BCUT2D eigenvalue weighted by Crippen LogP contribution is 2.34. The first-order chi connectivity index (χ1) is 13.1. The lowest BCUT2D eigenvalue weighted by molar-refractivity contribution is -0.120. The Morgan fingerprint density at radius 1 is 1.26 bits per heavy atom. The normalized spacial score (nSPS) is 13.5. The number of benzene rings is 1. The number of nitrogens with zero attached hydrogens (tertiary/aromatic N) is 2. The van der Waals surface area contributed by atoms with Gasteiger partial charge in [0.15, 0.2) is 5.78 Å². The fourth-order valence-corrected chi connectivity index (χ4v) is 3.41. The number of Topliss-reactive ketones (excluding diaryl/α,β-unsaturated/α-hetero) is 1. The van der Waals surface area contributed by atoms with Gasteiger partial charge in [0.05, 0.1) is 30.7 Å². The Bertz CT molecular complexity index is 833. The molecule has 144 valence electrons. The summed E-state index contributed by atoms with van der Waals surface area (Å²) < 4.78 is 5.35. The molecule has 0 amide bonds. The highest BCUT2D eigenvalue weighted by Gasteiger charge is 2.22. The number of nitrogens with one attached hydrogen (secondary N) is 1. The zero-order chi connectivity index (χ0) is 19.4. The lowest BCUT2D eigenvalue weighted by atomic mass is 9.91. The molecule has 1 heterocycles. The van der Waals surface area contributed by atoms with Crippen LogP contribution in [0.2, 0.25) is 0 Å². The van der Waals surface area contributed by atoms with Crippen molar-refractivity contribution < 1.29 is 9.53 Å². The number of aromatic nitrogens is 2. The molecule has 0 saturated heterocycles. The molecule has 0 spiro atoms. The molecule has 1 aliphatic rings. The summed E-state index contributed by atoms with van der Waals surface area (Å²) in [6.07, 6.45) is 4.45. The molecular formula is C22H29N3O2. The molecule has 2 aromatic rings. The Kier molecular flexibility index (Phi) is 6.09. The minimum absolute atomic E-state index is 0.0690. The van der Waals surface area contributed by atoms with Crippen molar-refractivity contribution in [3.63, 3.8) is 0 Å². The number of hydrogen-bond donors (Lipinski definition) is 1. The average molecular weight is 367 g/mol. The van der Waals surface area contributed by atoms with Gasteiger partial charge in [0.25, 0.3) is 0 Å². The third-order valence-electron chi connectivity index (χ3n) is 5.32. The summed E-state index contributed by atoms with van der Waals surface area (Å²) in [4.78, 5) is 22.0. The lowest BCUT2D eigenvalue weighted by Gasteiger charge is -2.21. The van der Waals surface area contributed by atoms with E-state index in [2.05, 4.69) is 24.4 Å². The van der Waals surface area contributed by atoms with Gasteiger partial charge in [-0.2, -0.15) is 0 Å². The molecule has 0 bridgehead atoms. The molecule has 3 rings (SSSR count). The van der Waals surface area contributed by atoms with E-state index < -0.39 is 0 Å². The summed E-state index contributed by atoms with van der Waals surface area (Å²) in [6.45, 7) is 6.46. The highest BCUT2D eigenvalue weighted by molar-refractivity contribution is 5.84. The number of rotatable bonds is 8. The maximum atomic E-state index is 12.2. The fourth-order valence-electron chi connectivity index (χ4n) is 3.41. The molecule has 0 fully saturated rings. The van der Waals surface area contributed by atoms with E-state index in [1.165, 1.54) is 5.56 Å². The Labute approximate surface area is 161 Å². The molecule has 1 aromatic carbocycles. The topological polar surface area (TPSA) is 64.1 Å². The Morgan fingerprint density at radius 2 is 2.07 bits per heavy atom. The number of ether oxygens (including phenoxy) is 1. The molecule has 1 atom stereocenters. The predicted molar refractivity (Wildman–Crippen MR) is 108 cm³/mol. The SMILES string of the molecule is CCCc1nc2c(nc1NCC(=O)C(C)CC)CCc1cc(OC)ccc1-2. The van der Waals surface area contributed by atoms with Crippen LogP contribution in [0.5, 0.6) is 5.75 Å². The van der Waals surface area contributed by atoms with Gasteiger partial charge in [-0.3, -0.25) is 4.79 Å². The quantitative estimate of drug-likeness (QED) is 0.756. The number of ketones is 1. The van der Waals surface area contributed by atoms with E-state index in [-0.39, 0.29) is 11.7 Å². The number of methoxy groups -OCH3 is 1. The van der Waals surface area contributed by atoms with E-state index in [9.17, 15) is 4.79 Å². The number of carbonyl (C=O) groups is 1. The van der Waals surface area contributed by atoms with E-state index in [1.807, 2.05) is 19.9 Å². The van der Waals surface area contributed by atoms with Crippen molar-refractivity contribution >= 4 is 11.6 Å². The van der Waals surface area contributed by atoms with Crippen molar-refractivity contribution in [1.82, 2.24) is 9.97 Å². The molecule has 5 nitrogen and oxygen atoms in total. The summed E-state index contributed by atoms with van der Waals surface area (Å²) in [5.74, 6) is 1.93. The third kappa shape index (κ3) is 4.12. The molecule has 0 saturated carbocycles. The number of hydrogen-bond acceptors (Lipinski definition) is 5. The van der Waals surface area contributed by atoms with Crippen LogP contribution in [0.1, 0.15) is 50.6 Å². The third-order valence-corrected chi connectivity index (χ3v) is 5.32. The maximum absolute atomic E-state index is 12.2. The van der Waals surface area contributed by atoms with Crippen molar-refractivity contribution in [3.05, 3.63) is 35.2 Å². The maximum Gasteiger partial charge on any atom is 0.154 e. The molecule has 0 aliphatic heterocycles. The number of aryl methyl sites for hydroxylation is 3. The van der Waals surface area contributed by atoms with Gasteiger partial charge in [0.1, 0.15) is 11.6 Å². The van der Waals surface area contributed by atoms with Crippen molar-refractivity contribution in [2.75, 3.05) is 19.0 Å². The van der Waals surface area contributed by atoms with Gasteiger partial charge in [0.2, 0.25) is 0 Å².